The van der Waals surface area contributed by atoms with Crippen LogP contribution in [0.15, 0.2) is 60.7 Å². The third-order valence-corrected chi connectivity index (χ3v) is 11.3. The van der Waals surface area contributed by atoms with Gasteiger partial charge in [-0.2, -0.15) is 5.26 Å². The lowest BCUT2D eigenvalue weighted by Crippen LogP contribution is -2.56. The maximum absolute atomic E-state index is 14.7. The van der Waals surface area contributed by atoms with E-state index in [4.69, 9.17) is 26.7 Å². The molecule has 18 heteroatoms. The molecule has 2 heterocycles. The minimum atomic E-state index is -1.40. The van der Waals surface area contributed by atoms with Gasteiger partial charge in [-0.15, -0.1) is 0 Å². The highest BCUT2D eigenvalue weighted by atomic mass is 16.5. The maximum atomic E-state index is 14.7. The van der Waals surface area contributed by atoms with Crippen LogP contribution in [-0.4, -0.2) is 109 Å². The standard InChI is InChI=1S/C49H63N11O7/c1-28-42(29(2)56-41(55-28)26-31-8-12-34(13-9-31)49(4,5)6)46(63)58-37(16-17-50)48(65)60(7)43-33-11-15-40(67-23-20-53)36(27-33)35-24-32(10-14-39(35)66-22-19-52)25-38(45(62)54-21-18-51)59-44(61)30(3)57-47(43)64/h8-15,24,27,30,37-38,43H,16-17,19-23,25-26,50,52-53H2,1-7H3,(H,54,62)(H,57,64)(H,58,63)(H,59,61). The van der Waals surface area contributed by atoms with Crippen LogP contribution in [0.2, 0.25) is 0 Å². The molecule has 1 aliphatic rings. The average Bonchev–Trinajstić information content (AvgIpc) is 3.28. The van der Waals surface area contributed by atoms with Crippen LogP contribution in [0, 0.1) is 25.2 Å². The van der Waals surface area contributed by atoms with Crippen LogP contribution in [0.1, 0.15) is 90.0 Å². The lowest BCUT2D eigenvalue weighted by atomic mass is 9.86. The Kier molecular flexibility index (Phi) is 17.5. The van der Waals surface area contributed by atoms with Crippen LogP contribution >= 0.6 is 0 Å². The molecule has 67 heavy (non-hydrogen) atoms. The van der Waals surface area contributed by atoms with Crippen molar-refractivity contribution in [3.8, 4) is 28.7 Å². The van der Waals surface area contributed by atoms with Crippen LogP contribution < -0.4 is 47.9 Å². The maximum Gasteiger partial charge on any atom is 0.255 e. The van der Waals surface area contributed by atoms with Crippen LogP contribution in [-0.2, 0) is 37.4 Å². The molecule has 3 aromatic carbocycles. The van der Waals surface area contributed by atoms with Crippen molar-refractivity contribution >= 4 is 29.5 Å². The lowest BCUT2D eigenvalue weighted by molar-refractivity contribution is -0.141. The molecule has 5 rings (SSSR count). The van der Waals surface area contributed by atoms with Crippen molar-refractivity contribution < 1.29 is 33.4 Å². The van der Waals surface area contributed by atoms with Gasteiger partial charge in [0, 0.05) is 44.1 Å². The lowest BCUT2D eigenvalue weighted by Gasteiger charge is -2.32. The van der Waals surface area contributed by atoms with Crippen molar-refractivity contribution in [1.82, 2.24) is 36.1 Å². The highest BCUT2D eigenvalue weighted by Gasteiger charge is 2.36. The number of benzene rings is 3. The largest absolute Gasteiger partial charge is 0.492 e. The number of nitriles is 1. The summed E-state index contributed by atoms with van der Waals surface area (Å²) in [4.78, 5) is 81.1. The number of carbonyl (C=O) groups is 5. The fourth-order valence-electron chi connectivity index (χ4n) is 7.86. The molecule has 1 aliphatic heterocycles. The zero-order valence-corrected chi connectivity index (χ0v) is 39.3. The van der Waals surface area contributed by atoms with Crippen molar-refractivity contribution in [2.45, 2.75) is 90.4 Å². The van der Waals surface area contributed by atoms with Gasteiger partial charge in [-0.3, -0.25) is 24.0 Å². The zero-order chi connectivity index (χ0) is 49.0. The van der Waals surface area contributed by atoms with Gasteiger partial charge >= 0.3 is 0 Å². The second-order valence-corrected chi connectivity index (χ2v) is 17.5. The van der Waals surface area contributed by atoms with Crippen molar-refractivity contribution in [3.05, 3.63) is 106 Å². The Morgan fingerprint density at radius 3 is 2.07 bits per heavy atom. The number of nitrogens with zero attached hydrogens (tertiary/aromatic N) is 4. The van der Waals surface area contributed by atoms with Crippen molar-refractivity contribution in [2.24, 2.45) is 17.2 Å². The first kappa shape index (κ1) is 51.1. The summed E-state index contributed by atoms with van der Waals surface area (Å²) in [6, 6.07) is 15.3. The first-order valence-corrected chi connectivity index (χ1v) is 22.3. The molecule has 4 aromatic rings. The number of hydrogen-bond donors (Lipinski definition) is 7. The van der Waals surface area contributed by atoms with E-state index in [9.17, 15) is 29.2 Å². The summed E-state index contributed by atoms with van der Waals surface area (Å²) in [6.07, 6.45) is 0.456. The summed E-state index contributed by atoms with van der Waals surface area (Å²) < 4.78 is 12.2. The quantitative estimate of drug-likeness (QED) is 0.0795. The van der Waals surface area contributed by atoms with Crippen molar-refractivity contribution in [1.29, 1.82) is 5.26 Å². The second kappa shape index (κ2) is 23.0. The molecular formula is C49H63N11O7. The molecule has 356 valence electrons. The van der Waals surface area contributed by atoms with Crippen LogP contribution in [0.5, 0.6) is 11.5 Å². The number of fused-ring (bicyclic) bond motifs is 5. The molecule has 1 aromatic heterocycles. The van der Waals surface area contributed by atoms with Gasteiger partial charge in [0.05, 0.1) is 23.0 Å². The van der Waals surface area contributed by atoms with E-state index in [-0.39, 0.29) is 63.2 Å². The Bertz CT molecular complexity index is 2460. The number of aromatic nitrogens is 2. The topological polar surface area (TPSA) is 283 Å². The average molecular weight is 918 g/mol. The van der Waals surface area contributed by atoms with Gasteiger partial charge in [-0.25, -0.2) is 9.97 Å². The molecular weight excluding hydrogens is 855 g/mol. The van der Waals surface area contributed by atoms with E-state index in [2.05, 4.69) is 64.1 Å². The minimum Gasteiger partial charge on any atom is -0.492 e. The molecule has 4 atom stereocenters. The summed E-state index contributed by atoms with van der Waals surface area (Å²) in [7, 11) is 1.42. The summed E-state index contributed by atoms with van der Waals surface area (Å²) in [6.45, 7) is 11.7. The van der Waals surface area contributed by atoms with E-state index in [1.54, 1.807) is 50.2 Å². The number of hydrogen-bond acceptors (Lipinski definition) is 13. The van der Waals surface area contributed by atoms with Crippen molar-refractivity contribution in [2.75, 3.05) is 46.4 Å². The first-order chi connectivity index (χ1) is 31.9. The van der Waals surface area contributed by atoms with Crippen molar-refractivity contribution in [3.63, 3.8) is 0 Å². The van der Waals surface area contributed by atoms with E-state index < -0.39 is 53.7 Å². The Morgan fingerprint density at radius 1 is 0.881 bits per heavy atom. The number of likely N-dealkylation sites (N-methyl/N-ethyl adjacent to an activating group) is 1. The molecule has 0 saturated carbocycles. The molecule has 0 saturated heterocycles. The van der Waals surface area contributed by atoms with Crippen LogP contribution in [0.3, 0.4) is 0 Å². The molecule has 0 aliphatic carbocycles. The SMILES string of the molecule is Cc1nc(Cc2ccc(C(C)(C)C)cc2)nc(C)c1C(=O)NC(CCN)C(=O)N(C)C1C(=O)NC(C)C(=O)NC(C(=O)NCC#N)Cc2ccc(OCCN)c(c2)-c2cc1ccc2OCCN. The Balaban J connectivity index is 1.54. The number of aryl methyl sites for hydroxylation is 2. The number of rotatable bonds is 16. The number of amides is 5. The van der Waals surface area contributed by atoms with E-state index in [0.29, 0.717) is 57.4 Å². The predicted octanol–water partition coefficient (Wildman–Crippen LogP) is 2.16. The van der Waals surface area contributed by atoms with Crippen LogP contribution in [0.25, 0.3) is 11.1 Å². The second-order valence-electron chi connectivity index (χ2n) is 17.5. The normalized spacial score (nSPS) is 16.6. The third-order valence-electron chi connectivity index (χ3n) is 11.3. The van der Waals surface area contributed by atoms with Gasteiger partial charge in [0.15, 0.2) is 0 Å². The molecule has 4 bridgehead atoms. The third kappa shape index (κ3) is 12.9. The van der Waals surface area contributed by atoms with E-state index >= 15 is 0 Å². The number of nitrogens with one attached hydrogen (secondary N) is 4. The predicted molar refractivity (Wildman–Crippen MR) is 253 cm³/mol. The van der Waals surface area contributed by atoms with Gasteiger partial charge in [-0.1, -0.05) is 57.2 Å². The van der Waals surface area contributed by atoms with E-state index in [0.717, 1.165) is 5.56 Å². The zero-order valence-electron chi connectivity index (χ0n) is 39.3. The first-order valence-electron chi connectivity index (χ1n) is 22.3. The smallest absolute Gasteiger partial charge is 0.255 e. The van der Waals surface area contributed by atoms with Gasteiger partial charge in [0.25, 0.3) is 5.91 Å². The molecule has 0 fully saturated rings. The number of nitrogens with two attached hydrogens (primary N) is 3. The fraction of sp³-hybridized carbons (Fsp3) is 0.429. The number of ether oxygens (including phenoxy) is 2. The summed E-state index contributed by atoms with van der Waals surface area (Å²) in [5, 5.41) is 19.9. The summed E-state index contributed by atoms with van der Waals surface area (Å²) in [5.41, 5.74) is 22.9. The van der Waals surface area contributed by atoms with Gasteiger partial charge in [-0.05, 0) is 85.7 Å². The summed E-state index contributed by atoms with van der Waals surface area (Å²) in [5.74, 6) is -2.02. The van der Waals surface area contributed by atoms with Crippen LogP contribution in [0.4, 0.5) is 0 Å². The number of carbonyl (C=O) groups excluding carboxylic acids is 5. The van der Waals surface area contributed by atoms with Gasteiger partial charge < -0.3 is 52.8 Å². The molecule has 5 amide bonds. The van der Waals surface area contributed by atoms with E-state index in [1.165, 1.54) is 24.4 Å². The molecule has 4 unspecified atom stereocenters. The molecule has 18 nitrogen and oxygen atoms in total. The Labute approximate surface area is 391 Å². The highest BCUT2D eigenvalue weighted by molar-refractivity contribution is 6.00. The fourth-order valence-corrected chi connectivity index (χ4v) is 7.86. The molecule has 0 radical (unpaired) electrons. The summed E-state index contributed by atoms with van der Waals surface area (Å²) >= 11 is 0. The van der Waals surface area contributed by atoms with E-state index in [1.807, 2.05) is 18.2 Å². The highest BCUT2D eigenvalue weighted by Crippen LogP contribution is 2.40. The van der Waals surface area contributed by atoms with Gasteiger partial charge in [0.1, 0.15) is 61.2 Å². The Morgan fingerprint density at radius 2 is 1.49 bits per heavy atom. The van der Waals surface area contributed by atoms with Gasteiger partial charge in [0.2, 0.25) is 23.6 Å². The monoisotopic (exact) mass is 917 g/mol. The minimum absolute atomic E-state index is 0.00217. The molecule has 0 spiro atoms. The Hall–Kier alpha value is -6.94. The molecule has 10 N–H and O–H groups in total.